The Morgan fingerprint density at radius 2 is 2.04 bits per heavy atom. The normalized spacial score (nSPS) is 11.0. The molecule has 0 spiro atoms. The maximum Gasteiger partial charge on any atom is 0.312 e. The zero-order valence-electron chi connectivity index (χ0n) is 12.2. The van der Waals surface area contributed by atoms with Crippen LogP contribution < -0.4 is 16.4 Å². The predicted molar refractivity (Wildman–Crippen MR) is 84.3 cm³/mol. The zero-order chi connectivity index (χ0) is 17.2. The Balaban J connectivity index is 2.66. The van der Waals surface area contributed by atoms with Gasteiger partial charge in [-0.15, -0.1) is 6.42 Å². The summed E-state index contributed by atoms with van der Waals surface area (Å²) >= 11 is 6.04. The second-order valence-electron chi connectivity index (χ2n) is 4.43. The summed E-state index contributed by atoms with van der Waals surface area (Å²) in [5.41, 5.74) is 5.62. The number of rotatable bonds is 7. The summed E-state index contributed by atoms with van der Waals surface area (Å²) < 4.78 is 4.82. The standard InChI is InChI=1S/C15H16ClN3O4/c1-2-7-18-13(20)9-23-14(21)8-12(19-15(17)22)10-5-3-4-6-11(10)16/h1,3-6,12H,7-9H2,(H,18,20)(H3,17,19,22)/t12-/m0/s1. The molecule has 3 amide bonds. The quantitative estimate of drug-likeness (QED) is 0.503. The summed E-state index contributed by atoms with van der Waals surface area (Å²) in [5.74, 6) is 1.00. The smallest absolute Gasteiger partial charge is 0.312 e. The first kappa shape index (κ1) is 18.3. The average Bonchev–Trinajstić information content (AvgIpc) is 2.50. The molecule has 0 aliphatic rings. The molecule has 1 aromatic rings. The third-order valence-electron chi connectivity index (χ3n) is 2.72. The van der Waals surface area contributed by atoms with Gasteiger partial charge in [-0.25, -0.2) is 4.79 Å². The van der Waals surface area contributed by atoms with Crippen molar-refractivity contribution in [1.29, 1.82) is 0 Å². The van der Waals surface area contributed by atoms with Crippen LogP contribution in [-0.2, 0) is 14.3 Å². The molecule has 0 aliphatic heterocycles. The molecule has 23 heavy (non-hydrogen) atoms. The summed E-state index contributed by atoms with van der Waals surface area (Å²) in [6.07, 6.45) is 4.76. The number of terminal acetylenes is 1. The van der Waals surface area contributed by atoms with Gasteiger partial charge in [0.1, 0.15) is 0 Å². The van der Waals surface area contributed by atoms with Gasteiger partial charge in [-0.2, -0.15) is 0 Å². The van der Waals surface area contributed by atoms with Gasteiger partial charge in [0, 0.05) is 5.02 Å². The van der Waals surface area contributed by atoms with Gasteiger partial charge in [-0.05, 0) is 11.6 Å². The molecular weight excluding hydrogens is 322 g/mol. The van der Waals surface area contributed by atoms with Crippen molar-refractivity contribution >= 4 is 29.5 Å². The number of esters is 1. The molecule has 1 aromatic carbocycles. The number of urea groups is 1. The van der Waals surface area contributed by atoms with E-state index in [4.69, 9.17) is 28.5 Å². The van der Waals surface area contributed by atoms with Crippen molar-refractivity contribution in [3.05, 3.63) is 34.9 Å². The SMILES string of the molecule is C#CCNC(=O)COC(=O)C[C@H](NC(N)=O)c1ccccc1Cl. The molecule has 4 N–H and O–H groups in total. The van der Waals surface area contributed by atoms with Crippen LogP contribution in [0, 0.1) is 12.3 Å². The number of primary amides is 1. The molecule has 0 heterocycles. The first-order chi connectivity index (χ1) is 10.9. The Hall–Kier alpha value is -2.72. The second-order valence-corrected chi connectivity index (χ2v) is 4.84. The number of halogens is 1. The molecule has 122 valence electrons. The zero-order valence-corrected chi connectivity index (χ0v) is 12.9. The third-order valence-corrected chi connectivity index (χ3v) is 3.06. The van der Waals surface area contributed by atoms with Crippen LogP contribution in [0.3, 0.4) is 0 Å². The van der Waals surface area contributed by atoms with Crippen LogP contribution in [0.2, 0.25) is 5.02 Å². The molecule has 0 unspecified atom stereocenters. The summed E-state index contributed by atoms with van der Waals surface area (Å²) in [6.45, 7) is -0.422. The van der Waals surface area contributed by atoms with Crippen molar-refractivity contribution < 1.29 is 19.1 Å². The van der Waals surface area contributed by atoms with Gasteiger partial charge in [-0.1, -0.05) is 35.7 Å². The van der Waals surface area contributed by atoms with Crippen LogP contribution in [0.1, 0.15) is 18.0 Å². The second kappa shape index (κ2) is 9.33. The van der Waals surface area contributed by atoms with Gasteiger partial charge >= 0.3 is 12.0 Å². The lowest BCUT2D eigenvalue weighted by molar-refractivity contribution is -0.148. The minimum Gasteiger partial charge on any atom is -0.456 e. The van der Waals surface area contributed by atoms with Gasteiger partial charge in [-0.3, -0.25) is 9.59 Å². The molecule has 1 rings (SSSR count). The Labute approximate surface area is 138 Å². The lowest BCUT2D eigenvalue weighted by Crippen LogP contribution is -2.35. The molecule has 0 radical (unpaired) electrons. The lowest BCUT2D eigenvalue weighted by atomic mass is 10.0. The number of amides is 3. The monoisotopic (exact) mass is 337 g/mol. The number of hydrogen-bond donors (Lipinski definition) is 3. The molecule has 0 saturated heterocycles. The first-order valence-corrected chi connectivity index (χ1v) is 6.98. The van der Waals surface area contributed by atoms with Gasteiger partial charge in [0.05, 0.1) is 19.0 Å². The van der Waals surface area contributed by atoms with Crippen molar-refractivity contribution in [1.82, 2.24) is 10.6 Å². The highest BCUT2D eigenvalue weighted by molar-refractivity contribution is 6.31. The summed E-state index contributed by atoms with van der Waals surface area (Å²) in [5, 5.41) is 5.13. The molecule has 0 saturated carbocycles. The van der Waals surface area contributed by atoms with E-state index in [1.165, 1.54) is 0 Å². The fourth-order valence-electron chi connectivity index (χ4n) is 1.74. The van der Waals surface area contributed by atoms with Crippen LogP contribution in [0.5, 0.6) is 0 Å². The number of benzene rings is 1. The number of ether oxygens (including phenoxy) is 1. The lowest BCUT2D eigenvalue weighted by Gasteiger charge is -2.18. The average molecular weight is 338 g/mol. The van der Waals surface area contributed by atoms with E-state index >= 15 is 0 Å². The molecule has 8 heteroatoms. The van der Waals surface area contributed by atoms with Crippen LogP contribution in [0.25, 0.3) is 0 Å². The number of nitrogens with one attached hydrogen (secondary N) is 2. The Morgan fingerprint density at radius 3 is 2.65 bits per heavy atom. The van der Waals surface area contributed by atoms with Crippen molar-refractivity contribution in [3.8, 4) is 12.3 Å². The third kappa shape index (κ3) is 6.72. The molecule has 0 fully saturated rings. The first-order valence-electron chi connectivity index (χ1n) is 6.60. The molecule has 0 aliphatic carbocycles. The van der Waals surface area contributed by atoms with E-state index < -0.39 is 30.6 Å². The fourth-order valence-corrected chi connectivity index (χ4v) is 2.01. The summed E-state index contributed by atoms with van der Waals surface area (Å²) in [6, 6.07) is 5.11. The highest BCUT2D eigenvalue weighted by atomic mass is 35.5. The topological polar surface area (TPSA) is 111 Å². The summed E-state index contributed by atoms with van der Waals surface area (Å²) in [4.78, 5) is 34.2. The Kier molecular flexibility index (Phi) is 7.43. The van der Waals surface area contributed by atoms with Gasteiger partial charge in [0.25, 0.3) is 5.91 Å². The van der Waals surface area contributed by atoms with E-state index in [0.717, 1.165) is 0 Å². The largest absolute Gasteiger partial charge is 0.456 e. The van der Waals surface area contributed by atoms with E-state index in [9.17, 15) is 14.4 Å². The van der Waals surface area contributed by atoms with Crippen LogP contribution in [-0.4, -0.2) is 31.1 Å². The van der Waals surface area contributed by atoms with Gasteiger partial charge in [0.15, 0.2) is 6.61 Å². The number of carbonyl (C=O) groups excluding carboxylic acids is 3. The molecule has 0 aromatic heterocycles. The van der Waals surface area contributed by atoms with E-state index in [0.29, 0.717) is 10.6 Å². The maximum absolute atomic E-state index is 11.8. The van der Waals surface area contributed by atoms with Crippen molar-refractivity contribution in [2.45, 2.75) is 12.5 Å². The van der Waals surface area contributed by atoms with E-state index in [1.807, 2.05) is 0 Å². The fraction of sp³-hybridized carbons (Fsp3) is 0.267. The van der Waals surface area contributed by atoms with Crippen molar-refractivity contribution in [2.24, 2.45) is 5.73 Å². The molecule has 0 bridgehead atoms. The van der Waals surface area contributed by atoms with Crippen LogP contribution >= 0.6 is 11.6 Å². The number of nitrogens with two attached hydrogens (primary N) is 1. The Morgan fingerprint density at radius 1 is 1.35 bits per heavy atom. The number of carbonyl (C=O) groups is 3. The Bertz CT molecular complexity index is 627. The van der Waals surface area contributed by atoms with Crippen molar-refractivity contribution in [3.63, 3.8) is 0 Å². The van der Waals surface area contributed by atoms with Gasteiger partial charge in [0.2, 0.25) is 0 Å². The van der Waals surface area contributed by atoms with E-state index in [-0.39, 0.29) is 13.0 Å². The highest BCUT2D eigenvalue weighted by Gasteiger charge is 2.21. The maximum atomic E-state index is 11.8. The minimum absolute atomic E-state index is 0.0435. The summed E-state index contributed by atoms with van der Waals surface area (Å²) in [7, 11) is 0. The van der Waals surface area contributed by atoms with Gasteiger partial charge < -0.3 is 21.1 Å². The predicted octanol–water partition coefficient (Wildman–Crippen LogP) is 0.732. The molecule has 7 nitrogen and oxygen atoms in total. The van der Waals surface area contributed by atoms with Crippen LogP contribution in [0.4, 0.5) is 4.79 Å². The van der Waals surface area contributed by atoms with Crippen LogP contribution in [0.15, 0.2) is 24.3 Å². The molecular formula is C15H16ClN3O4. The van der Waals surface area contributed by atoms with Crippen molar-refractivity contribution in [2.75, 3.05) is 13.2 Å². The highest BCUT2D eigenvalue weighted by Crippen LogP contribution is 2.25. The molecule has 1 atom stereocenters. The van der Waals surface area contributed by atoms with E-state index in [2.05, 4.69) is 16.6 Å². The minimum atomic E-state index is -0.811. The number of hydrogen-bond acceptors (Lipinski definition) is 4. The van der Waals surface area contributed by atoms with E-state index in [1.54, 1.807) is 24.3 Å².